The van der Waals surface area contributed by atoms with Gasteiger partial charge in [0.2, 0.25) is 0 Å². The highest BCUT2D eigenvalue weighted by molar-refractivity contribution is 8.77. The van der Waals surface area contributed by atoms with Crippen LogP contribution >= 0.6 is 45.1 Å². The number of anilines is 1. The molecule has 1 aliphatic carbocycles. The lowest BCUT2D eigenvalue weighted by molar-refractivity contribution is -0.255. The molecule has 0 bridgehead atoms. The van der Waals surface area contributed by atoms with Crippen LogP contribution in [0.1, 0.15) is 84.2 Å². The number of nitrogens with two attached hydrogens (primary N) is 1. The van der Waals surface area contributed by atoms with Crippen molar-refractivity contribution in [3.8, 4) is 22.5 Å². The maximum Gasteiger partial charge on any atom is 0.490 e. The fourth-order valence-electron chi connectivity index (χ4n) is 7.94. The number of ether oxygens (including phenoxy) is 2. The first-order valence-corrected chi connectivity index (χ1v) is 28.7. The van der Waals surface area contributed by atoms with Gasteiger partial charge in [-0.25, -0.2) is 28.6 Å². The lowest BCUT2D eigenvalue weighted by atomic mass is 9.88. The van der Waals surface area contributed by atoms with Crippen molar-refractivity contribution in [3.05, 3.63) is 88.3 Å². The number of phosphoric acid groups is 3. The van der Waals surface area contributed by atoms with Crippen molar-refractivity contribution in [1.82, 2.24) is 24.8 Å². The molecule has 0 spiro atoms. The number of hydrogen-bond donors (Lipinski definition) is 6. The lowest BCUT2D eigenvalue weighted by Crippen LogP contribution is -2.36. The Labute approximate surface area is 414 Å². The minimum atomic E-state index is -5.78. The van der Waals surface area contributed by atoms with E-state index in [1.165, 1.54) is 44.9 Å². The number of aryl methyl sites for hydroxylation is 3. The molecule has 1 fully saturated rings. The molecule has 5 atom stereocenters. The topological polar surface area (TPSA) is 343 Å². The van der Waals surface area contributed by atoms with Gasteiger partial charge >= 0.3 is 23.5 Å². The molecule has 2 aromatic carbocycles. The van der Waals surface area contributed by atoms with Crippen molar-refractivity contribution in [1.29, 1.82) is 0 Å². The number of carboxylic acids is 1. The average Bonchev–Trinajstić information content (AvgIpc) is 3.90. The zero-order chi connectivity index (χ0) is 51.6. The molecule has 4 aromatic rings. The number of aromatic carboxylic acids is 1. The predicted octanol–water partition coefficient (Wildman–Crippen LogP) is 6.34. The quantitative estimate of drug-likeness (QED) is 0.0150. The van der Waals surface area contributed by atoms with Crippen LogP contribution in [0.25, 0.3) is 44.6 Å². The Bertz CT molecular complexity index is 3180. The number of carbonyl (C=O) groups excluding carboxylic acids is 2. The molecule has 1 amide bonds. The van der Waals surface area contributed by atoms with Crippen LogP contribution in [0.2, 0.25) is 0 Å². The SMILES string of the molecule is CCCc1cc2oc3cc(=NCC)c(C)cc-3c(-c3ccc(C(=O)NCC(C)(C)SSCOC4C[C@H](n5cnc6c(N)ncnc65)O[C@@H]4COP(=O)(O)OP(=O)(O)OP(=O)(O)O)cc3C(=O)[O-])c2cc1C. The number of nitrogen functional groups attached to an aromatic ring is 1. The van der Waals surface area contributed by atoms with E-state index in [2.05, 4.69) is 40.8 Å². The van der Waals surface area contributed by atoms with Crippen molar-refractivity contribution in [2.45, 2.75) is 84.0 Å². The first kappa shape index (κ1) is 54.2. The van der Waals surface area contributed by atoms with E-state index in [1.54, 1.807) is 12.1 Å². The summed E-state index contributed by atoms with van der Waals surface area (Å²) in [4.78, 5) is 81.1. The van der Waals surface area contributed by atoms with E-state index >= 15 is 0 Å². The molecule has 4 heterocycles. The molecule has 71 heavy (non-hydrogen) atoms. The number of rotatable bonds is 21. The van der Waals surface area contributed by atoms with Crippen LogP contribution in [0.3, 0.4) is 0 Å². The van der Waals surface area contributed by atoms with Gasteiger partial charge in [0.1, 0.15) is 41.5 Å². The predicted molar refractivity (Wildman–Crippen MR) is 262 cm³/mol. The minimum Gasteiger partial charge on any atom is -0.545 e. The Morgan fingerprint density at radius 3 is 2.46 bits per heavy atom. The van der Waals surface area contributed by atoms with Gasteiger partial charge in [-0.15, -0.1) is 0 Å². The number of nitrogens with zero attached hydrogens (tertiary/aromatic N) is 5. The van der Waals surface area contributed by atoms with Crippen molar-refractivity contribution in [2.24, 2.45) is 4.99 Å². The number of carboxylic acid groups (broad SMARTS) is 1. The van der Waals surface area contributed by atoms with Gasteiger partial charge in [0.25, 0.3) is 5.91 Å². The lowest BCUT2D eigenvalue weighted by Gasteiger charge is -2.25. The molecule has 382 valence electrons. The summed E-state index contributed by atoms with van der Waals surface area (Å²) in [5, 5.41) is 17.3. The van der Waals surface area contributed by atoms with Gasteiger partial charge in [0, 0.05) is 58.0 Å². The second-order valence-corrected chi connectivity index (χ2v) is 24.3. The van der Waals surface area contributed by atoms with Crippen LogP contribution in [0.15, 0.2) is 64.5 Å². The van der Waals surface area contributed by atoms with Crippen LogP contribution in [0, 0.1) is 13.8 Å². The van der Waals surface area contributed by atoms with E-state index in [0.717, 1.165) is 34.9 Å². The van der Waals surface area contributed by atoms with E-state index in [9.17, 15) is 38.2 Å². The van der Waals surface area contributed by atoms with Crippen molar-refractivity contribution in [2.75, 3.05) is 31.4 Å². The molecule has 2 aliphatic heterocycles. The number of fused-ring (bicyclic) bond motifs is 3. The highest BCUT2D eigenvalue weighted by atomic mass is 33.1. The molecule has 3 unspecified atom stereocenters. The molecule has 28 heteroatoms. The normalized spacial score (nSPS) is 18.6. The number of phosphoric ester groups is 1. The number of hydrogen-bond acceptors (Lipinski definition) is 19. The number of imidazole rings is 1. The highest BCUT2D eigenvalue weighted by Crippen LogP contribution is 2.66. The molecular weight excluding hydrogens is 1030 g/mol. The second kappa shape index (κ2) is 21.9. The van der Waals surface area contributed by atoms with Crippen LogP contribution in [0.4, 0.5) is 5.82 Å². The minimum absolute atomic E-state index is 0.00541. The number of benzene rings is 3. The number of aromatic nitrogens is 4. The number of carbonyl (C=O) groups is 2. The van der Waals surface area contributed by atoms with Crippen LogP contribution in [-0.2, 0) is 42.7 Å². The zero-order valence-electron chi connectivity index (χ0n) is 39.0. The standard InChI is InChI=1S/C43H52N7O16P3S2/c1-7-9-25-15-32-29(12-23(25)3)37(30-13-24(4)31(45-8-2)16-33(30)63-32)27-11-10-26(14-28(27)42(52)53)41(51)46-19-43(5,6)71-70-22-61-34-17-36(50-21-49-38-39(44)47-20-48-40(38)50)64-35(34)18-62-68(57,58)66-69(59,60)65-67(54,55)56/h10-16,20-21,34-36H,7-9,17-19,22H2,1-6H3,(H,46,51)(H,52,53)(H,57,58)(H,59,60)(H2,44,47,48)(H2,54,55,56)/p-1/t34?,35-,36-/m1/s1. The highest BCUT2D eigenvalue weighted by Gasteiger charge is 2.44. The summed E-state index contributed by atoms with van der Waals surface area (Å²) in [6.07, 6.45) is 1.59. The summed E-state index contributed by atoms with van der Waals surface area (Å²) in [7, 11) is -14.3. The summed E-state index contributed by atoms with van der Waals surface area (Å²) >= 11 is 0. The van der Waals surface area contributed by atoms with E-state index < -0.39 is 65.1 Å². The van der Waals surface area contributed by atoms with Gasteiger partial charge in [0.15, 0.2) is 11.5 Å². The second-order valence-electron chi connectivity index (χ2n) is 17.0. The zero-order valence-corrected chi connectivity index (χ0v) is 43.4. The smallest absolute Gasteiger partial charge is 0.490 e. The van der Waals surface area contributed by atoms with Crippen molar-refractivity contribution >= 4 is 84.9 Å². The molecule has 2 aromatic heterocycles. The van der Waals surface area contributed by atoms with Gasteiger partial charge in [-0.05, 0) is 93.6 Å². The fourth-order valence-corrected chi connectivity index (χ4v) is 13.1. The third-order valence-corrected chi connectivity index (χ3v) is 17.8. The Kier molecular flexibility index (Phi) is 16.7. The van der Waals surface area contributed by atoms with Gasteiger partial charge in [0.05, 0.1) is 30.4 Å². The van der Waals surface area contributed by atoms with E-state index in [4.69, 9.17) is 33.9 Å². The average molecular weight is 1080 g/mol. The molecule has 7 N–H and O–H groups in total. The first-order chi connectivity index (χ1) is 33.4. The van der Waals surface area contributed by atoms with Crippen molar-refractivity contribution < 1.29 is 75.0 Å². The monoisotopic (exact) mass is 1080 g/mol. The summed E-state index contributed by atoms with van der Waals surface area (Å²) in [6, 6.07) is 12.3. The largest absolute Gasteiger partial charge is 0.545 e. The number of nitrogens with one attached hydrogen (secondary N) is 1. The molecule has 1 saturated heterocycles. The Hall–Kier alpha value is -4.55. The third kappa shape index (κ3) is 13.2. The maximum atomic E-state index is 13.7. The van der Waals surface area contributed by atoms with Gasteiger partial charge in [-0.3, -0.25) is 18.9 Å². The van der Waals surface area contributed by atoms with Crippen LogP contribution in [-0.4, -0.2) is 93.6 Å². The van der Waals surface area contributed by atoms with Gasteiger partial charge < -0.3 is 54.4 Å². The van der Waals surface area contributed by atoms with E-state index in [-0.39, 0.29) is 41.4 Å². The molecule has 0 saturated carbocycles. The Balaban J connectivity index is 1.04. The van der Waals surface area contributed by atoms with Gasteiger partial charge in [-0.2, -0.15) is 8.62 Å². The fraction of sp³-hybridized carbons (Fsp3) is 0.395. The summed E-state index contributed by atoms with van der Waals surface area (Å²) in [5.74, 6) is -1.37. The van der Waals surface area contributed by atoms with E-state index in [1.807, 2.05) is 58.9 Å². The molecule has 23 nitrogen and oxygen atoms in total. The third-order valence-electron chi connectivity index (χ3n) is 11.1. The molecule has 3 aliphatic rings. The maximum absolute atomic E-state index is 13.7. The molecular formula is C43H51N7O16P3S2-. The van der Waals surface area contributed by atoms with E-state index in [0.29, 0.717) is 45.6 Å². The number of amides is 1. The molecule has 7 rings (SSSR count). The van der Waals surface area contributed by atoms with Gasteiger partial charge in [-0.1, -0.05) is 41.0 Å². The Morgan fingerprint density at radius 2 is 1.76 bits per heavy atom. The first-order valence-electron chi connectivity index (χ1n) is 21.8. The Morgan fingerprint density at radius 1 is 1.00 bits per heavy atom. The summed E-state index contributed by atoms with van der Waals surface area (Å²) < 4.78 is 67.7. The summed E-state index contributed by atoms with van der Waals surface area (Å²) in [5.41, 5.74) is 11.7. The van der Waals surface area contributed by atoms with Crippen LogP contribution in [0.5, 0.6) is 0 Å². The summed E-state index contributed by atoms with van der Waals surface area (Å²) in [6.45, 7) is 11.6. The van der Waals surface area contributed by atoms with Crippen molar-refractivity contribution in [3.63, 3.8) is 0 Å². The van der Waals surface area contributed by atoms with Crippen LogP contribution < -0.4 is 21.5 Å². The molecule has 0 radical (unpaired) electrons.